The summed E-state index contributed by atoms with van der Waals surface area (Å²) in [6.45, 7) is 1.95. The van der Waals surface area contributed by atoms with E-state index in [0.29, 0.717) is 28.7 Å². The van der Waals surface area contributed by atoms with E-state index in [4.69, 9.17) is 9.84 Å². The maximum atomic E-state index is 12.3. The number of thiophene rings is 1. The van der Waals surface area contributed by atoms with Gasteiger partial charge in [-0.25, -0.2) is 4.79 Å². The highest BCUT2D eigenvalue weighted by molar-refractivity contribution is 7.16. The number of hydrogen-bond donors (Lipinski definition) is 3. The Morgan fingerprint density at radius 3 is 2.93 bits per heavy atom. The molecular weight excluding hydrogens is 390 g/mol. The zero-order valence-electron chi connectivity index (χ0n) is 16.2. The first-order chi connectivity index (χ1) is 14.0. The second kappa shape index (κ2) is 9.54. The van der Waals surface area contributed by atoms with Gasteiger partial charge in [0.15, 0.2) is 6.61 Å². The minimum atomic E-state index is -0.638. The minimum Gasteiger partial charge on any atom is -0.452 e. The van der Waals surface area contributed by atoms with Crippen LogP contribution in [-0.2, 0) is 22.4 Å². The van der Waals surface area contributed by atoms with Crippen LogP contribution in [0.2, 0.25) is 0 Å². The average Bonchev–Trinajstić information content (AvgIpc) is 3.06. The van der Waals surface area contributed by atoms with Crippen molar-refractivity contribution in [1.29, 1.82) is 5.26 Å². The highest BCUT2D eigenvalue weighted by atomic mass is 32.1. The van der Waals surface area contributed by atoms with Crippen molar-refractivity contribution in [3.63, 3.8) is 0 Å². The van der Waals surface area contributed by atoms with Crippen LogP contribution >= 0.6 is 11.3 Å². The molecule has 8 heteroatoms. The first-order valence-electron chi connectivity index (χ1n) is 9.48. The zero-order chi connectivity index (χ0) is 20.8. The van der Waals surface area contributed by atoms with Crippen molar-refractivity contribution < 1.29 is 19.4 Å². The fourth-order valence-corrected chi connectivity index (χ4v) is 4.71. The molecule has 29 heavy (non-hydrogen) atoms. The molecule has 2 aromatic rings. The third kappa shape index (κ3) is 4.94. The molecule has 1 amide bonds. The SMILES string of the molecule is C[C@H]1CCc2c(sc(NC(=O)COC(=O)c3ccccc3NCCO)c2C#N)C1. The number of aliphatic hydroxyl groups excluding tert-OH is 1. The average molecular weight is 413 g/mol. The number of carbonyl (C=O) groups excluding carboxylic acids is 2. The Morgan fingerprint density at radius 1 is 1.38 bits per heavy atom. The van der Waals surface area contributed by atoms with E-state index in [-0.39, 0.29) is 12.2 Å². The molecule has 0 unspecified atom stereocenters. The topological polar surface area (TPSA) is 111 Å². The third-order valence-corrected chi connectivity index (χ3v) is 5.95. The van der Waals surface area contributed by atoms with Crippen molar-refractivity contribution in [1.82, 2.24) is 0 Å². The van der Waals surface area contributed by atoms with Gasteiger partial charge in [0.2, 0.25) is 0 Å². The molecule has 0 bridgehead atoms. The first kappa shape index (κ1) is 20.8. The van der Waals surface area contributed by atoms with Crippen molar-refractivity contribution in [2.75, 3.05) is 30.4 Å². The number of nitrogens with one attached hydrogen (secondary N) is 2. The van der Waals surface area contributed by atoms with Gasteiger partial charge in [-0.1, -0.05) is 19.1 Å². The van der Waals surface area contributed by atoms with E-state index in [0.717, 1.165) is 29.7 Å². The Kier molecular flexibility index (Phi) is 6.86. The van der Waals surface area contributed by atoms with Crippen LogP contribution in [0.1, 0.15) is 39.7 Å². The molecule has 3 N–H and O–H groups in total. The number of ether oxygens (including phenoxy) is 1. The number of nitrogens with zero attached hydrogens (tertiary/aromatic N) is 1. The van der Waals surface area contributed by atoms with Gasteiger partial charge in [-0.15, -0.1) is 11.3 Å². The molecule has 0 radical (unpaired) electrons. The maximum Gasteiger partial charge on any atom is 0.340 e. The van der Waals surface area contributed by atoms with Gasteiger partial charge >= 0.3 is 5.97 Å². The Bertz CT molecular complexity index is 948. The summed E-state index contributed by atoms with van der Waals surface area (Å²) in [5, 5.41) is 24.6. The van der Waals surface area contributed by atoms with Gasteiger partial charge in [0, 0.05) is 17.1 Å². The van der Waals surface area contributed by atoms with Crippen molar-refractivity contribution in [3.8, 4) is 6.07 Å². The van der Waals surface area contributed by atoms with E-state index in [1.165, 1.54) is 11.3 Å². The predicted octanol–water partition coefficient (Wildman–Crippen LogP) is 2.94. The molecule has 1 aromatic heterocycles. The number of amides is 1. The van der Waals surface area contributed by atoms with Crippen LogP contribution in [0.4, 0.5) is 10.7 Å². The van der Waals surface area contributed by atoms with Crippen LogP contribution < -0.4 is 10.6 Å². The summed E-state index contributed by atoms with van der Waals surface area (Å²) in [7, 11) is 0. The fourth-order valence-electron chi connectivity index (χ4n) is 3.33. The standard InChI is InChI=1S/C21H23N3O4S/c1-13-6-7-14-16(11-22)20(29-18(14)10-13)24-19(26)12-28-21(27)15-4-2-3-5-17(15)23-8-9-25/h2-5,13,23,25H,6-10,12H2,1H3,(H,24,26)/t13-/m0/s1. The van der Waals surface area contributed by atoms with Gasteiger partial charge in [0.1, 0.15) is 11.1 Å². The van der Waals surface area contributed by atoms with Gasteiger partial charge in [0.05, 0.1) is 17.7 Å². The number of carbonyl (C=O) groups is 2. The summed E-state index contributed by atoms with van der Waals surface area (Å²) in [5.41, 5.74) is 2.37. The number of hydrogen-bond acceptors (Lipinski definition) is 7. The normalized spacial score (nSPS) is 15.1. The number of fused-ring (bicyclic) bond motifs is 1. The van der Waals surface area contributed by atoms with E-state index in [1.54, 1.807) is 24.3 Å². The van der Waals surface area contributed by atoms with E-state index in [2.05, 4.69) is 23.6 Å². The molecule has 152 valence electrons. The largest absolute Gasteiger partial charge is 0.452 e. The number of esters is 1. The van der Waals surface area contributed by atoms with Gasteiger partial charge in [-0.2, -0.15) is 5.26 Å². The second-order valence-corrected chi connectivity index (χ2v) is 8.09. The number of anilines is 2. The molecule has 7 nitrogen and oxygen atoms in total. The number of aliphatic hydroxyl groups is 1. The van der Waals surface area contributed by atoms with Crippen molar-refractivity contribution >= 4 is 33.9 Å². The lowest BCUT2D eigenvalue weighted by Gasteiger charge is -2.17. The maximum absolute atomic E-state index is 12.3. The van der Waals surface area contributed by atoms with Gasteiger partial charge in [-0.3, -0.25) is 4.79 Å². The molecule has 0 fully saturated rings. The summed E-state index contributed by atoms with van der Waals surface area (Å²) in [5.74, 6) is -0.556. The molecule has 0 saturated heterocycles. The molecule has 0 aliphatic heterocycles. The molecule has 1 aliphatic carbocycles. The monoisotopic (exact) mass is 413 g/mol. The van der Waals surface area contributed by atoms with Gasteiger partial charge in [0.25, 0.3) is 5.91 Å². The van der Waals surface area contributed by atoms with Gasteiger partial charge in [-0.05, 0) is 42.9 Å². The Hall–Kier alpha value is -2.89. The summed E-state index contributed by atoms with van der Waals surface area (Å²) < 4.78 is 5.14. The molecule has 0 saturated carbocycles. The minimum absolute atomic E-state index is 0.0728. The first-order valence-corrected chi connectivity index (χ1v) is 10.3. The number of benzene rings is 1. The Balaban J connectivity index is 1.63. The number of rotatable bonds is 7. The molecule has 1 heterocycles. The Morgan fingerprint density at radius 2 is 2.17 bits per heavy atom. The zero-order valence-corrected chi connectivity index (χ0v) is 17.0. The number of nitriles is 1. The van der Waals surface area contributed by atoms with E-state index in [9.17, 15) is 14.9 Å². The van der Waals surface area contributed by atoms with Crippen molar-refractivity contribution in [2.45, 2.75) is 26.2 Å². The molecule has 3 rings (SSSR count). The second-order valence-electron chi connectivity index (χ2n) is 6.99. The third-order valence-electron chi connectivity index (χ3n) is 4.79. The van der Waals surface area contributed by atoms with Crippen LogP contribution in [0.3, 0.4) is 0 Å². The summed E-state index contributed by atoms with van der Waals surface area (Å²) in [6, 6.07) is 8.93. The quantitative estimate of drug-likeness (QED) is 0.602. The van der Waals surface area contributed by atoms with Crippen LogP contribution in [-0.4, -0.2) is 36.7 Å². The van der Waals surface area contributed by atoms with E-state index in [1.807, 2.05) is 0 Å². The van der Waals surface area contributed by atoms with Gasteiger partial charge < -0.3 is 20.5 Å². The molecule has 1 aliphatic rings. The summed E-state index contributed by atoms with van der Waals surface area (Å²) in [6.07, 6.45) is 2.79. The molecule has 0 spiro atoms. The van der Waals surface area contributed by atoms with E-state index < -0.39 is 18.5 Å². The summed E-state index contributed by atoms with van der Waals surface area (Å²) >= 11 is 1.43. The lowest BCUT2D eigenvalue weighted by molar-refractivity contribution is -0.119. The molecular formula is C21H23N3O4S. The highest BCUT2D eigenvalue weighted by Gasteiger charge is 2.25. The summed E-state index contributed by atoms with van der Waals surface area (Å²) in [4.78, 5) is 25.8. The molecule has 1 aromatic carbocycles. The van der Waals surface area contributed by atoms with Crippen LogP contribution in [0.25, 0.3) is 0 Å². The smallest absolute Gasteiger partial charge is 0.340 e. The Labute approximate surface area is 173 Å². The predicted molar refractivity (Wildman–Crippen MR) is 111 cm³/mol. The highest BCUT2D eigenvalue weighted by Crippen LogP contribution is 2.39. The molecule has 1 atom stereocenters. The number of para-hydroxylation sites is 1. The van der Waals surface area contributed by atoms with Crippen LogP contribution in [0.15, 0.2) is 24.3 Å². The lowest BCUT2D eigenvalue weighted by Crippen LogP contribution is -2.21. The van der Waals surface area contributed by atoms with E-state index >= 15 is 0 Å². The van der Waals surface area contributed by atoms with Crippen LogP contribution in [0, 0.1) is 17.2 Å². The fraction of sp³-hybridized carbons (Fsp3) is 0.381. The van der Waals surface area contributed by atoms with Crippen LogP contribution in [0.5, 0.6) is 0 Å². The van der Waals surface area contributed by atoms with Crippen molar-refractivity contribution in [2.24, 2.45) is 5.92 Å². The van der Waals surface area contributed by atoms with Crippen molar-refractivity contribution in [3.05, 3.63) is 45.8 Å². The lowest BCUT2D eigenvalue weighted by atomic mass is 9.89.